The molecular formula is C19H23N5O. The molecule has 1 saturated heterocycles. The molecule has 3 heterocycles. The largest absolute Gasteiger partial charge is 0.378 e. The fourth-order valence-corrected chi connectivity index (χ4v) is 3.68. The van der Waals surface area contributed by atoms with Crippen LogP contribution in [0.1, 0.15) is 36.4 Å². The minimum absolute atomic E-state index is 0.483. The van der Waals surface area contributed by atoms with Gasteiger partial charge >= 0.3 is 0 Å². The van der Waals surface area contributed by atoms with Crippen LogP contribution in [-0.2, 0) is 11.3 Å². The summed E-state index contributed by atoms with van der Waals surface area (Å²) in [4.78, 5) is 11.2. The van der Waals surface area contributed by atoms with Crippen molar-refractivity contribution in [3.63, 3.8) is 0 Å². The maximum absolute atomic E-state index is 5.26. The minimum atomic E-state index is 0.483. The predicted molar refractivity (Wildman–Crippen MR) is 96.7 cm³/mol. The molecule has 0 amide bonds. The summed E-state index contributed by atoms with van der Waals surface area (Å²) in [7, 11) is 1.69. The Labute approximate surface area is 147 Å². The van der Waals surface area contributed by atoms with E-state index < -0.39 is 0 Å². The molecule has 25 heavy (non-hydrogen) atoms. The topological polar surface area (TPSA) is 55.6 Å². The van der Waals surface area contributed by atoms with Gasteiger partial charge in [-0.1, -0.05) is 30.3 Å². The first kappa shape index (κ1) is 16.0. The lowest BCUT2D eigenvalue weighted by molar-refractivity contribution is 0.181. The van der Waals surface area contributed by atoms with Crippen molar-refractivity contribution in [3.05, 3.63) is 54.0 Å². The summed E-state index contributed by atoms with van der Waals surface area (Å²) in [5.74, 6) is 2.31. The molecule has 6 nitrogen and oxygen atoms in total. The average Bonchev–Trinajstić information content (AvgIpc) is 2.98. The second-order valence-corrected chi connectivity index (χ2v) is 6.54. The Balaban J connectivity index is 1.60. The number of benzene rings is 1. The first-order chi connectivity index (χ1) is 12.3. The maximum atomic E-state index is 5.26. The Morgan fingerprint density at radius 2 is 2.04 bits per heavy atom. The van der Waals surface area contributed by atoms with Gasteiger partial charge < -0.3 is 9.64 Å². The Kier molecular flexibility index (Phi) is 4.61. The summed E-state index contributed by atoms with van der Waals surface area (Å²) in [6.07, 6.45) is 5.09. The Bertz CT molecular complexity index is 832. The molecule has 0 saturated carbocycles. The molecule has 1 aliphatic rings. The zero-order chi connectivity index (χ0) is 17.1. The molecule has 3 aromatic rings. The molecule has 1 aromatic carbocycles. The standard InChI is InChI=1S/C19H23N5O/c1-25-13-17-12-18(24-19(22-17)20-14-21-24)23-10-5-8-16(9-11-23)15-6-3-2-4-7-15/h2-4,6-7,12,14,16H,5,8-11,13H2,1H3/t16-/m1/s1. The van der Waals surface area contributed by atoms with Crippen LogP contribution in [-0.4, -0.2) is 39.8 Å². The molecule has 0 radical (unpaired) electrons. The Morgan fingerprint density at radius 3 is 2.88 bits per heavy atom. The first-order valence-corrected chi connectivity index (χ1v) is 8.83. The number of methoxy groups -OCH3 is 1. The predicted octanol–water partition coefficient (Wildman–Crippen LogP) is 3.04. The zero-order valence-electron chi connectivity index (χ0n) is 14.5. The molecule has 130 valence electrons. The SMILES string of the molecule is COCc1cc(N2CCC[C@@H](c3ccccc3)CC2)n2ncnc2n1. The Hall–Kier alpha value is -2.47. The molecule has 1 atom stereocenters. The highest BCUT2D eigenvalue weighted by Gasteiger charge is 2.21. The van der Waals surface area contributed by atoms with Gasteiger partial charge in [0.2, 0.25) is 0 Å². The van der Waals surface area contributed by atoms with E-state index in [1.54, 1.807) is 13.4 Å². The number of ether oxygens (including phenoxy) is 1. The smallest absolute Gasteiger partial charge is 0.254 e. The van der Waals surface area contributed by atoms with Crippen LogP contribution in [0.5, 0.6) is 0 Å². The third kappa shape index (κ3) is 3.35. The van der Waals surface area contributed by atoms with Crippen LogP contribution in [0.15, 0.2) is 42.7 Å². The van der Waals surface area contributed by atoms with E-state index in [-0.39, 0.29) is 0 Å². The number of fused-ring (bicyclic) bond motifs is 1. The zero-order valence-corrected chi connectivity index (χ0v) is 14.5. The van der Waals surface area contributed by atoms with Crippen LogP contribution in [0, 0.1) is 0 Å². The molecule has 6 heteroatoms. The van der Waals surface area contributed by atoms with Gasteiger partial charge in [-0.25, -0.2) is 4.98 Å². The molecule has 0 spiro atoms. The van der Waals surface area contributed by atoms with E-state index in [2.05, 4.69) is 56.4 Å². The average molecular weight is 337 g/mol. The summed E-state index contributed by atoms with van der Waals surface area (Å²) >= 11 is 0. The fourth-order valence-electron chi connectivity index (χ4n) is 3.68. The van der Waals surface area contributed by atoms with Crippen LogP contribution >= 0.6 is 0 Å². The molecule has 0 unspecified atom stereocenters. The van der Waals surface area contributed by atoms with Crippen molar-refractivity contribution in [1.29, 1.82) is 0 Å². The van der Waals surface area contributed by atoms with E-state index >= 15 is 0 Å². The third-order valence-corrected chi connectivity index (χ3v) is 4.90. The summed E-state index contributed by atoms with van der Waals surface area (Å²) in [6.45, 7) is 2.51. The molecule has 0 N–H and O–H groups in total. The lowest BCUT2D eigenvalue weighted by atomic mass is 9.92. The van der Waals surface area contributed by atoms with E-state index in [0.717, 1.165) is 37.4 Å². The van der Waals surface area contributed by atoms with Crippen molar-refractivity contribution in [2.75, 3.05) is 25.1 Å². The molecule has 1 fully saturated rings. The van der Waals surface area contributed by atoms with E-state index in [9.17, 15) is 0 Å². The van der Waals surface area contributed by atoms with Crippen molar-refractivity contribution >= 4 is 11.6 Å². The van der Waals surface area contributed by atoms with Crippen LogP contribution in [0.25, 0.3) is 5.78 Å². The lowest BCUT2D eigenvalue weighted by Gasteiger charge is -2.23. The van der Waals surface area contributed by atoms with Crippen LogP contribution in [0.3, 0.4) is 0 Å². The Morgan fingerprint density at radius 1 is 1.16 bits per heavy atom. The van der Waals surface area contributed by atoms with Gasteiger partial charge in [0.25, 0.3) is 5.78 Å². The number of hydrogen-bond acceptors (Lipinski definition) is 5. The normalized spacial score (nSPS) is 18.4. The van der Waals surface area contributed by atoms with Gasteiger partial charge in [-0.3, -0.25) is 0 Å². The van der Waals surface area contributed by atoms with Crippen molar-refractivity contribution in [2.24, 2.45) is 0 Å². The molecular weight excluding hydrogens is 314 g/mol. The minimum Gasteiger partial charge on any atom is -0.378 e. The molecule has 2 aromatic heterocycles. The first-order valence-electron chi connectivity index (χ1n) is 8.83. The van der Waals surface area contributed by atoms with Crippen LogP contribution < -0.4 is 4.90 Å². The number of aromatic nitrogens is 4. The number of anilines is 1. The van der Waals surface area contributed by atoms with Crippen LogP contribution in [0.4, 0.5) is 5.82 Å². The lowest BCUT2D eigenvalue weighted by Crippen LogP contribution is -2.27. The van der Waals surface area contributed by atoms with Crippen LogP contribution in [0.2, 0.25) is 0 Å². The summed E-state index contributed by atoms with van der Waals surface area (Å²) in [5.41, 5.74) is 2.34. The van der Waals surface area contributed by atoms with Crippen molar-refractivity contribution < 1.29 is 4.74 Å². The third-order valence-electron chi connectivity index (χ3n) is 4.90. The van der Waals surface area contributed by atoms with Crippen molar-refractivity contribution in [1.82, 2.24) is 19.6 Å². The van der Waals surface area contributed by atoms with Gasteiger partial charge in [0.05, 0.1) is 12.3 Å². The second kappa shape index (κ2) is 7.19. The summed E-state index contributed by atoms with van der Waals surface area (Å²) in [5, 5.41) is 4.36. The highest BCUT2D eigenvalue weighted by Crippen LogP contribution is 2.30. The van der Waals surface area contributed by atoms with Gasteiger partial charge in [-0.05, 0) is 30.7 Å². The molecule has 0 aliphatic carbocycles. The maximum Gasteiger partial charge on any atom is 0.254 e. The summed E-state index contributed by atoms with van der Waals surface area (Å²) in [6, 6.07) is 12.9. The van der Waals surface area contributed by atoms with Gasteiger partial charge in [0.15, 0.2) is 0 Å². The van der Waals surface area contributed by atoms with Gasteiger partial charge in [-0.2, -0.15) is 14.6 Å². The quantitative estimate of drug-likeness (QED) is 0.732. The van der Waals surface area contributed by atoms with Crippen molar-refractivity contribution in [3.8, 4) is 0 Å². The molecule has 4 rings (SSSR count). The molecule has 1 aliphatic heterocycles. The van der Waals surface area contributed by atoms with E-state index in [0.29, 0.717) is 18.3 Å². The van der Waals surface area contributed by atoms with Crippen molar-refractivity contribution in [2.45, 2.75) is 31.8 Å². The monoisotopic (exact) mass is 337 g/mol. The van der Waals surface area contributed by atoms with Gasteiger partial charge in [-0.15, -0.1) is 0 Å². The summed E-state index contributed by atoms with van der Waals surface area (Å²) < 4.78 is 7.09. The van der Waals surface area contributed by atoms with Gasteiger partial charge in [0, 0.05) is 26.3 Å². The van der Waals surface area contributed by atoms with E-state index in [1.165, 1.54) is 12.0 Å². The highest BCUT2D eigenvalue weighted by molar-refractivity contribution is 5.47. The highest BCUT2D eigenvalue weighted by atomic mass is 16.5. The van der Waals surface area contributed by atoms with Gasteiger partial charge in [0.1, 0.15) is 12.1 Å². The van der Waals surface area contributed by atoms with E-state index in [1.807, 2.05) is 4.52 Å². The number of nitrogens with zero attached hydrogens (tertiary/aromatic N) is 5. The second-order valence-electron chi connectivity index (χ2n) is 6.54. The number of hydrogen-bond donors (Lipinski definition) is 0. The molecule has 0 bridgehead atoms. The fraction of sp³-hybridized carbons (Fsp3) is 0.421. The van der Waals surface area contributed by atoms with E-state index in [4.69, 9.17) is 4.74 Å². The number of rotatable bonds is 4.